The summed E-state index contributed by atoms with van der Waals surface area (Å²) in [7, 11) is 0. The molecule has 0 bridgehead atoms. The van der Waals surface area contributed by atoms with Crippen LogP contribution in [0.3, 0.4) is 0 Å². The first-order valence-electron chi connectivity index (χ1n) is 6.09. The summed E-state index contributed by atoms with van der Waals surface area (Å²) in [5.74, 6) is -1.18. The van der Waals surface area contributed by atoms with Crippen LogP contribution in [0.25, 0.3) is 0 Å². The Labute approximate surface area is 113 Å². The van der Waals surface area contributed by atoms with Crippen LogP contribution in [0.2, 0.25) is 0 Å². The molecule has 0 saturated heterocycles. The Kier molecular flexibility index (Phi) is 3.89. The number of ether oxygens (including phenoxy) is 1. The lowest BCUT2D eigenvalue weighted by atomic mass is 10.1. The van der Waals surface area contributed by atoms with Crippen LogP contribution in [-0.4, -0.2) is 30.5 Å². The summed E-state index contributed by atoms with van der Waals surface area (Å²) in [5.41, 5.74) is -0.492. The van der Waals surface area contributed by atoms with E-state index in [1.54, 1.807) is 0 Å². The Morgan fingerprint density at radius 2 is 2.00 bits per heavy atom. The number of nitrogens with one attached hydrogen (secondary N) is 1. The van der Waals surface area contributed by atoms with E-state index in [9.17, 15) is 18.0 Å². The van der Waals surface area contributed by atoms with Crippen molar-refractivity contribution in [2.24, 2.45) is 5.41 Å². The summed E-state index contributed by atoms with van der Waals surface area (Å²) >= 11 is 0. The van der Waals surface area contributed by atoms with Gasteiger partial charge in [-0.3, -0.25) is 4.79 Å². The van der Waals surface area contributed by atoms with Crippen molar-refractivity contribution >= 4 is 5.91 Å². The monoisotopic (exact) mass is 289 g/mol. The highest BCUT2D eigenvalue weighted by Gasteiger charge is 2.42. The van der Waals surface area contributed by atoms with Gasteiger partial charge in [-0.25, -0.2) is 0 Å². The second-order valence-electron chi connectivity index (χ2n) is 4.88. The molecule has 0 atom stereocenters. The number of aliphatic hydroxyl groups is 1. The van der Waals surface area contributed by atoms with E-state index in [1.165, 1.54) is 18.2 Å². The predicted molar refractivity (Wildman–Crippen MR) is 64.2 cm³/mol. The quantitative estimate of drug-likeness (QED) is 0.872. The highest BCUT2D eigenvalue weighted by atomic mass is 19.4. The van der Waals surface area contributed by atoms with Crippen molar-refractivity contribution in [3.8, 4) is 5.75 Å². The summed E-state index contributed by atoms with van der Waals surface area (Å²) in [5, 5.41) is 11.7. The molecule has 0 heterocycles. The Morgan fingerprint density at radius 1 is 1.35 bits per heavy atom. The van der Waals surface area contributed by atoms with E-state index >= 15 is 0 Å². The van der Waals surface area contributed by atoms with Gasteiger partial charge >= 0.3 is 6.36 Å². The van der Waals surface area contributed by atoms with E-state index in [2.05, 4.69) is 10.1 Å². The second kappa shape index (κ2) is 5.32. The van der Waals surface area contributed by atoms with Crippen LogP contribution in [0.15, 0.2) is 24.3 Å². The van der Waals surface area contributed by atoms with Crippen LogP contribution in [0.4, 0.5) is 13.2 Å². The molecule has 1 fully saturated rings. The number of para-hydroxylation sites is 1. The van der Waals surface area contributed by atoms with Crippen molar-refractivity contribution < 1.29 is 27.8 Å². The molecule has 7 heteroatoms. The topological polar surface area (TPSA) is 58.6 Å². The van der Waals surface area contributed by atoms with Gasteiger partial charge in [-0.05, 0) is 25.0 Å². The fraction of sp³-hybridized carbons (Fsp3) is 0.462. The zero-order chi connectivity index (χ0) is 14.8. The lowest BCUT2D eigenvalue weighted by molar-refractivity contribution is -0.274. The van der Waals surface area contributed by atoms with Crippen LogP contribution < -0.4 is 10.1 Å². The van der Waals surface area contributed by atoms with E-state index in [-0.39, 0.29) is 24.1 Å². The summed E-state index contributed by atoms with van der Waals surface area (Å²) in [6.45, 7) is 0.191. The lowest BCUT2D eigenvalue weighted by Gasteiger charge is -2.15. The van der Waals surface area contributed by atoms with Gasteiger partial charge in [0.2, 0.25) is 0 Å². The molecule has 2 rings (SSSR count). The summed E-state index contributed by atoms with van der Waals surface area (Å²) < 4.78 is 40.5. The fourth-order valence-electron chi connectivity index (χ4n) is 1.80. The van der Waals surface area contributed by atoms with Crippen molar-refractivity contribution in [2.75, 3.05) is 13.2 Å². The summed E-state index contributed by atoms with van der Waals surface area (Å²) in [6.07, 6.45) is -3.26. The van der Waals surface area contributed by atoms with Crippen LogP contribution in [0.1, 0.15) is 23.2 Å². The maximum Gasteiger partial charge on any atom is 0.573 e. The fourth-order valence-corrected chi connectivity index (χ4v) is 1.80. The Bertz CT molecular complexity index is 498. The number of carbonyl (C=O) groups is 1. The molecule has 0 radical (unpaired) electrons. The maximum atomic E-state index is 12.2. The molecular formula is C13H14F3NO3. The molecule has 4 nitrogen and oxygen atoms in total. The van der Waals surface area contributed by atoms with Gasteiger partial charge in [0.25, 0.3) is 5.91 Å². The van der Waals surface area contributed by atoms with Crippen molar-refractivity contribution in [1.82, 2.24) is 5.32 Å². The largest absolute Gasteiger partial charge is 0.573 e. The van der Waals surface area contributed by atoms with Gasteiger partial charge in [-0.15, -0.1) is 13.2 Å². The van der Waals surface area contributed by atoms with Crippen molar-refractivity contribution in [3.63, 3.8) is 0 Å². The highest BCUT2D eigenvalue weighted by molar-refractivity contribution is 5.96. The summed E-state index contributed by atoms with van der Waals surface area (Å²) in [4.78, 5) is 11.9. The van der Waals surface area contributed by atoms with Crippen molar-refractivity contribution in [2.45, 2.75) is 19.2 Å². The third kappa shape index (κ3) is 3.63. The minimum absolute atomic E-state index is 0.0476. The molecule has 1 aromatic rings. The zero-order valence-corrected chi connectivity index (χ0v) is 10.5. The van der Waals surface area contributed by atoms with Gasteiger partial charge in [-0.1, -0.05) is 12.1 Å². The average molecular weight is 289 g/mol. The first kappa shape index (κ1) is 14.6. The normalized spacial score (nSPS) is 16.6. The molecule has 1 amide bonds. The molecule has 0 unspecified atom stereocenters. The third-order valence-electron chi connectivity index (χ3n) is 3.27. The molecule has 0 aromatic heterocycles. The van der Waals surface area contributed by atoms with Gasteiger partial charge in [0.15, 0.2) is 0 Å². The molecule has 1 saturated carbocycles. The standard InChI is InChI=1S/C13H14F3NO3/c14-13(15,16)20-10-4-2-1-3-9(10)11(19)17-7-12(8-18)5-6-12/h1-4,18H,5-8H2,(H,17,19). The van der Waals surface area contributed by atoms with Crippen LogP contribution >= 0.6 is 0 Å². The van der Waals surface area contributed by atoms with E-state index in [0.717, 1.165) is 18.9 Å². The van der Waals surface area contributed by atoms with Gasteiger partial charge in [-0.2, -0.15) is 0 Å². The highest BCUT2D eigenvalue weighted by Crippen LogP contribution is 2.44. The van der Waals surface area contributed by atoms with E-state index in [0.29, 0.717) is 0 Å². The zero-order valence-electron chi connectivity index (χ0n) is 10.5. The number of amides is 1. The Balaban J connectivity index is 2.05. The van der Waals surface area contributed by atoms with Gasteiger partial charge in [0.05, 0.1) is 12.2 Å². The second-order valence-corrected chi connectivity index (χ2v) is 4.88. The van der Waals surface area contributed by atoms with Crippen molar-refractivity contribution in [3.05, 3.63) is 29.8 Å². The minimum Gasteiger partial charge on any atom is -0.405 e. The van der Waals surface area contributed by atoms with Gasteiger partial charge in [0, 0.05) is 12.0 Å². The number of carbonyl (C=O) groups excluding carboxylic acids is 1. The Hall–Kier alpha value is -1.76. The number of hydrogen-bond acceptors (Lipinski definition) is 3. The maximum absolute atomic E-state index is 12.2. The molecular weight excluding hydrogens is 275 g/mol. The molecule has 1 aliphatic carbocycles. The molecule has 0 aliphatic heterocycles. The van der Waals surface area contributed by atoms with Crippen molar-refractivity contribution in [1.29, 1.82) is 0 Å². The Morgan fingerprint density at radius 3 is 2.55 bits per heavy atom. The number of rotatable bonds is 5. The SMILES string of the molecule is O=C(NCC1(CO)CC1)c1ccccc1OC(F)(F)F. The molecule has 1 aromatic carbocycles. The predicted octanol–water partition coefficient (Wildman–Crippen LogP) is 2.09. The molecule has 1 aliphatic rings. The number of benzene rings is 1. The smallest absolute Gasteiger partial charge is 0.405 e. The first-order chi connectivity index (χ1) is 9.35. The lowest BCUT2D eigenvalue weighted by Crippen LogP contribution is -2.32. The molecule has 2 N–H and O–H groups in total. The number of halogens is 3. The van der Waals surface area contributed by atoms with Crippen LogP contribution in [0, 0.1) is 5.41 Å². The summed E-state index contributed by atoms with van der Waals surface area (Å²) in [6, 6.07) is 5.15. The average Bonchev–Trinajstić information content (AvgIpc) is 3.15. The molecule has 0 spiro atoms. The van der Waals surface area contributed by atoms with E-state index in [4.69, 9.17) is 5.11 Å². The van der Waals surface area contributed by atoms with E-state index < -0.39 is 18.0 Å². The van der Waals surface area contributed by atoms with Gasteiger partial charge < -0.3 is 15.2 Å². The molecule has 20 heavy (non-hydrogen) atoms. The van der Waals surface area contributed by atoms with Crippen LogP contribution in [0.5, 0.6) is 5.75 Å². The number of alkyl halides is 3. The first-order valence-corrected chi connectivity index (χ1v) is 6.09. The third-order valence-corrected chi connectivity index (χ3v) is 3.27. The molecule has 110 valence electrons. The number of aliphatic hydroxyl groups excluding tert-OH is 1. The minimum atomic E-state index is -4.85. The van der Waals surface area contributed by atoms with Crippen LogP contribution in [-0.2, 0) is 0 Å². The number of hydrogen-bond donors (Lipinski definition) is 2. The van der Waals surface area contributed by atoms with Gasteiger partial charge in [0.1, 0.15) is 5.75 Å². The van der Waals surface area contributed by atoms with E-state index in [1.807, 2.05) is 0 Å².